The first-order chi connectivity index (χ1) is 8.27. The zero-order valence-electron chi connectivity index (χ0n) is 10.8. The van der Waals surface area contributed by atoms with Crippen molar-refractivity contribution in [2.45, 2.75) is 51.1 Å². The van der Waals surface area contributed by atoms with Crippen molar-refractivity contribution in [3.8, 4) is 0 Å². The van der Waals surface area contributed by atoms with Crippen LogP contribution in [-0.4, -0.2) is 49.2 Å². The fourth-order valence-electron chi connectivity index (χ4n) is 2.71. The Bertz CT molecular complexity index is 244. The van der Waals surface area contributed by atoms with Crippen LogP contribution in [0, 0.1) is 0 Å². The van der Waals surface area contributed by atoms with Crippen LogP contribution >= 0.6 is 0 Å². The van der Waals surface area contributed by atoms with Crippen molar-refractivity contribution in [3.63, 3.8) is 0 Å². The van der Waals surface area contributed by atoms with Crippen LogP contribution in [0.3, 0.4) is 0 Å². The van der Waals surface area contributed by atoms with E-state index in [1.165, 1.54) is 0 Å². The molecule has 4 nitrogen and oxygen atoms in total. The molecule has 2 saturated heterocycles. The second kappa shape index (κ2) is 6.36. The van der Waals surface area contributed by atoms with Gasteiger partial charge in [-0.2, -0.15) is 0 Å². The summed E-state index contributed by atoms with van der Waals surface area (Å²) >= 11 is 0. The summed E-state index contributed by atoms with van der Waals surface area (Å²) in [6.45, 7) is 5.57. The van der Waals surface area contributed by atoms with E-state index in [0.717, 1.165) is 58.4 Å². The molecular formula is C13H24N2O2. The zero-order chi connectivity index (χ0) is 12.1. The summed E-state index contributed by atoms with van der Waals surface area (Å²) in [5.41, 5.74) is 0. The number of nitrogens with zero attached hydrogens (tertiary/aromatic N) is 1. The van der Waals surface area contributed by atoms with Gasteiger partial charge in [0.25, 0.3) is 0 Å². The van der Waals surface area contributed by atoms with Crippen molar-refractivity contribution in [1.29, 1.82) is 0 Å². The summed E-state index contributed by atoms with van der Waals surface area (Å²) in [5.74, 6) is 0.271. The van der Waals surface area contributed by atoms with E-state index in [-0.39, 0.29) is 11.9 Å². The van der Waals surface area contributed by atoms with Crippen molar-refractivity contribution in [1.82, 2.24) is 10.2 Å². The highest BCUT2D eigenvalue weighted by molar-refractivity contribution is 5.81. The van der Waals surface area contributed by atoms with Gasteiger partial charge in [0, 0.05) is 32.3 Å². The maximum Gasteiger partial charge on any atom is 0.239 e. The highest BCUT2D eigenvalue weighted by atomic mass is 16.5. The number of ether oxygens (including phenoxy) is 1. The largest absolute Gasteiger partial charge is 0.381 e. The molecule has 4 heteroatoms. The van der Waals surface area contributed by atoms with E-state index in [4.69, 9.17) is 4.74 Å². The van der Waals surface area contributed by atoms with Crippen LogP contribution in [0.1, 0.15) is 39.0 Å². The first kappa shape index (κ1) is 12.8. The van der Waals surface area contributed by atoms with Gasteiger partial charge in [-0.1, -0.05) is 0 Å². The van der Waals surface area contributed by atoms with E-state index in [0.29, 0.717) is 6.04 Å². The van der Waals surface area contributed by atoms with Crippen molar-refractivity contribution < 1.29 is 9.53 Å². The van der Waals surface area contributed by atoms with Crippen LogP contribution in [0.2, 0.25) is 0 Å². The Morgan fingerprint density at radius 3 is 2.76 bits per heavy atom. The molecule has 2 heterocycles. The molecule has 0 aromatic rings. The minimum absolute atomic E-state index is 0.0452. The standard InChI is InChI=1S/C13H24N2O2/c1-11(13(16)15-7-2-3-8-15)14-12-5-4-9-17-10-6-12/h11-12,14H,2-10H2,1H3. The Kier molecular flexibility index (Phi) is 4.80. The van der Waals surface area contributed by atoms with E-state index in [9.17, 15) is 4.79 Å². The molecule has 0 aromatic carbocycles. The second-order valence-corrected chi connectivity index (χ2v) is 5.16. The van der Waals surface area contributed by atoms with E-state index in [1.807, 2.05) is 11.8 Å². The lowest BCUT2D eigenvalue weighted by Gasteiger charge is -2.25. The molecule has 0 radical (unpaired) electrons. The Morgan fingerprint density at radius 2 is 2.00 bits per heavy atom. The first-order valence-corrected chi connectivity index (χ1v) is 6.90. The molecule has 2 rings (SSSR count). The number of rotatable bonds is 3. The van der Waals surface area contributed by atoms with E-state index in [2.05, 4.69) is 5.32 Å². The number of carbonyl (C=O) groups is 1. The summed E-state index contributed by atoms with van der Waals surface area (Å²) in [7, 11) is 0. The van der Waals surface area contributed by atoms with Crippen molar-refractivity contribution in [2.75, 3.05) is 26.3 Å². The monoisotopic (exact) mass is 240 g/mol. The van der Waals surface area contributed by atoms with E-state index < -0.39 is 0 Å². The van der Waals surface area contributed by atoms with Crippen LogP contribution in [0.5, 0.6) is 0 Å². The minimum atomic E-state index is -0.0452. The molecule has 2 aliphatic rings. The molecule has 1 N–H and O–H groups in total. The third-order valence-electron chi connectivity index (χ3n) is 3.73. The molecule has 2 atom stereocenters. The molecule has 0 saturated carbocycles. The van der Waals surface area contributed by atoms with E-state index in [1.54, 1.807) is 0 Å². The summed E-state index contributed by atoms with van der Waals surface area (Å²) in [5, 5.41) is 3.46. The topological polar surface area (TPSA) is 41.6 Å². The highest BCUT2D eigenvalue weighted by Crippen LogP contribution is 2.12. The van der Waals surface area contributed by atoms with Crippen LogP contribution in [0.4, 0.5) is 0 Å². The Balaban J connectivity index is 1.78. The fourth-order valence-corrected chi connectivity index (χ4v) is 2.71. The van der Waals surface area contributed by atoms with Gasteiger partial charge in [0.05, 0.1) is 6.04 Å². The zero-order valence-corrected chi connectivity index (χ0v) is 10.8. The second-order valence-electron chi connectivity index (χ2n) is 5.16. The first-order valence-electron chi connectivity index (χ1n) is 6.90. The summed E-state index contributed by atoms with van der Waals surface area (Å²) < 4.78 is 5.43. The van der Waals surface area contributed by atoms with Crippen LogP contribution in [0.15, 0.2) is 0 Å². The SMILES string of the molecule is CC(NC1CCCOCC1)C(=O)N1CCCC1. The van der Waals surface area contributed by atoms with Crippen LogP contribution in [-0.2, 0) is 9.53 Å². The summed E-state index contributed by atoms with van der Waals surface area (Å²) in [6.07, 6.45) is 5.57. The molecule has 0 bridgehead atoms. The van der Waals surface area contributed by atoms with Gasteiger partial charge in [0.15, 0.2) is 0 Å². The Labute approximate surface area is 104 Å². The number of amides is 1. The normalized spacial score (nSPS) is 27.8. The molecule has 2 fully saturated rings. The molecule has 2 aliphatic heterocycles. The molecular weight excluding hydrogens is 216 g/mol. The molecule has 17 heavy (non-hydrogen) atoms. The molecule has 2 unspecified atom stereocenters. The lowest BCUT2D eigenvalue weighted by molar-refractivity contribution is -0.132. The predicted octanol–water partition coefficient (Wildman–Crippen LogP) is 1.16. The molecule has 1 amide bonds. The van der Waals surface area contributed by atoms with Gasteiger partial charge in [0.2, 0.25) is 5.91 Å². The number of nitrogens with one attached hydrogen (secondary N) is 1. The van der Waals surface area contributed by atoms with E-state index >= 15 is 0 Å². The smallest absolute Gasteiger partial charge is 0.239 e. The number of likely N-dealkylation sites (tertiary alicyclic amines) is 1. The van der Waals surface area contributed by atoms with Gasteiger partial charge in [-0.3, -0.25) is 4.79 Å². The maximum absolute atomic E-state index is 12.1. The minimum Gasteiger partial charge on any atom is -0.381 e. The lowest BCUT2D eigenvalue weighted by Crippen LogP contribution is -2.47. The molecule has 0 aliphatic carbocycles. The average molecular weight is 240 g/mol. The van der Waals surface area contributed by atoms with Gasteiger partial charge >= 0.3 is 0 Å². The van der Waals surface area contributed by atoms with Gasteiger partial charge in [-0.25, -0.2) is 0 Å². The number of hydrogen-bond donors (Lipinski definition) is 1. The Morgan fingerprint density at radius 1 is 1.24 bits per heavy atom. The molecule has 0 spiro atoms. The predicted molar refractivity (Wildman–Crippen MR) is 66.9 cm³/mol. The highest BCUT2D eigenvalue weighted by Gasteiger charge is 2.25. The fraction of sp³-hybridized carbons (Fsp3) is 0.923. The van der Waals surface area contributed by atoms with Crippen LogP contribution in [0.25, 0.3) is 0 Å². The third kappa shape index (κ3) is 3.68. The van der Waals surface area contributed by atoms with Gasteiger partial charge in [-0.15, -0.1) is 0 Å². The van der Waals surface area contributed by atoms with Crippen molar-refractivity contribution in [3.05, 3.63) is 0 Å². The Hall–Kier alpha value is -0.610. The quantitative estimate of drug-likeness (QED) is 0.805. The molecule has 98 valence electrons. The number of hydrogen-bond acceptors (Lipinski definition) is 3. The van der Waals surface area contributed by atoms with Crippen molar-refractivity contribution >= 4 is 5.91 Å². The summed E-state index contributed by atoms with van der Waals surface area (Å²) in [4.78, 5) is 14.1. The van der Waals surface area contributed by atoms with Gasteiger partial charge < -0.3 is 15.0 Å². The van der Waals surface area contributed by atoms with Gasteiger partial charge in [0.1, 0.15) is 0 Å². The lowest BCUT2D eigenvalue weighted by atomic mass is 10.1. The van der Waals surface area contributed by atoms with Crippen molar-refractivity contribution in [2.24, 2.45) is 0 Å². The average Bonchev–Trinajstić information content (AvgIpc) is 2.74. The van der Waals surface area contributed by atoms with Gasteiger partial charge in [-0.05, 0) is 39.0 Å². The maximum atomic E-state index is 12.1. The van der Waals surface area contributed by atoms with Crippen LogP contribution < -0.4 is 5.32 Å². The summed E-state index contributed by atoms with van der Waals surface area (Å²) in [6, 6.07) is 0.398. The molecule has 0 aromatic heterocycles. The third-order valence-corrected chi connectivity index (χ3v) is 3.73. The number of carbonyl (C=O) groups excluding carboxylic acids is 1.